The molecule has 128 valence electrons. The Morgan fingerprint density at radius 3 is 2.73 bits per heavy atom. The van der Waals surface area contributed by atoms with Gasteiger partial charge >= 0.3 is 5.69 Å². The number of furan rings is 1. The fourth-order valence-electron chi connectivity index (χ4n) is 3.19. The Morgan fingerprint density at radius 2 is 2.00 bits per heavy atom. The maximum Gasteiger partial charge on any atom is 0.351 e. The van der Waals surface area contributed by atoms with E-state index in [1.165, 1.54) is 4.52 Å². The normalized spacial score (nSPS) is 11.6. The Kier molecular flexibility index (Phi) is 3.29. The van der Waals surface area contributed by atoms with Crippen molar-refractivity contribution in [1.82, 2.24) is 19.2 Å². The molecule has 0 spiro atoms. The smallest absolute Gasteiger partial charge is 0.351 e. The van der Waals surface area contributed by atoms with Crippen molar-refractivity contribution in [3.8, 4) is 22.7 Å². The van der Waals surface area contributed by atoms with E-state index in [-0.39, 0.29) is 5.69 Å². The Bertz CT molecular complexity index is 1280. The van der Waals surface area contributed by atoms with Crippen LogP contribution in [0.5, 0.6) is 0 Å². The van der Waals surface area contributed by atoms with Crippen molar-refractivity contribution in [2.24, 2.45) is 0 Å². The number of hydrogen-bond donors (Lipinski definition) is 0. The van der Waals surface area contributed by atoms with Crippen LogP contribution in [-0.4, -0.2) is 19.2 Å². The molecular formula is C19H14N4O2S. The molecule has 26 heavy (non-hydrogen) atoms. The quantitative estimate of drug-likeness (QED) is 0.486. The lowest BCUT2D eigenvalue weighted by Gasteiger charge is -2.06. The zero-order valence-corrected chi connectivity index (χ0v) is 14.7. The second-order valence-corrected chi connectivity index (χ2v) is 6.73. The molecule has 0 aliphatic carbocycles. The summed E-state index contributed by atoms with van der Waals surface area (Å²) < 4.78 is 8.52. The number of benzene rings is 1. The largest absolute Gasteiger partial charge is 0.461 e. The third-order valence-electron chi connectivity index (χ3n) is 4.40. The second-order valence-electron chi connectivity index (χ2n) is 5.87. The molecule has 4 heterocycles. The van der Waals surface area contributed by atoms with Crippen molar-refractivity contribution in [2.75, 3.05) is 0 Å². The molecule has 0 atom stereocenters. The van der Waals surface area contributed by atoms with Crippen LogP contribution in [0, 0.1) is 0 Å². The minimum atomic E-state index is -0.193. The summed E-state index contributed by atoms with van der Waals surface area (Å²) in [5.41, 5.74) is 2.50. The van der Waals surface area contributed by atoms with Crippen LogP contribution >= 0.6 is 11.3 Å². The lowest BCUT2D eigenvalue weighted by molar-refractivity contribution is 0.576. The molecule has 0 radical (unpaired) electrons. The molecule has 0 unspecified atom stereocenters. The number of hydrogen-bond acceptors (Lipinski definition) is 5. The van der Waals surface area contributed by atoms with Gasteiger partial charge in [0.05, 0.1) is 11.6 Å². The van der Waals surface area contributed by atoms with Crippen LogP contribution in [0.2, 0.25) is 0 Å². The molecule has 0 bridgehead atoms. The lowest BCUT2D eigenvalue weighted by Crippen LogP contribution is -2.26. The predicted octanol–water partition coefficient (Wildman–Crippen LogP) is 4.05. The molecule has 0 aliphatic rings. The number of aryl methyl sites for hydroxylation is 1. The third-order valence-corrected chi connectivity index (χ3v) is 5.40. The summed E-state index contributed by atoms with van der Waals surface area (Å²) in [6, 6.07) is 13.7. The first-order chi connectivity index (χ1) is 12.8. The molecule has 1 aromatic carbocycles. The molecule has 0 N–H and O–H groups in total. The highest BCUT2D eigenvalue weighted by molar-refractivity contribution is 7.17. The van der Waals surface area contributed by atoms with Crippen LogP contribution in [0.1, 0.15) is 6.92 Å². The van der Waals surface area contributed by atoms with Gasteiger partial charge in [-0.2, -0.15) is 4.52 Å². The average molecular weight is 362 g/mol. The maximum atomic E-state index is 12.9. The van der Waals surface area contributed by atoms with Gasteiger partial charge in [0.2, 0.25) is 5.82 Å². The number of rotatable bonds is 3. The minimum Gasteiger partial charge on any atom is -0.461 e. The van der Waals surface area contributed by atoms with Crippen LogP contribution in [0.3, 0.4) is 0 Å². The van der Waals surface area contributed by atoms with Crippen LogP contribution in [0.4, 0.5) is 0 Å². The van der Waals surface area contributed by atoms with Crippen molar-refractivity contribution in [1.29, 1.82) is 0 Å². The SMILES string of the molecule is CCn1c(=O)n2nc(-c3ccco3)nc2c2c(-c3ccccc3)csc21. The number of fused-ring (bicyclic) bond motifs is 3. The Labute approximate surface area is 152 Å². The molecule has 0 saturated carbocycles. The summed E-state index contributed by atoms with van der Waals surface area (Å²) in [5.74, 6) is 0.952. The molecule has 0 aliphatic heterocycles. The molecule has 5 rings (SSSR count). The maximum absolute atomic E-state index is 12.9. The molecule has 7 heteroatoms. The van der Waals surface area contributed by atoms with Gasteiger partial charge in [-0.05, 0) is 24.6 Å². The van der Waals surface area contributed by atoms with E-state index in [2.05, 4.69) is 27.6 Å². The van der Waals surface area contributed by atoms with Crippen LogP contribution in [0.25, 0.3) is 38.6 Å². The number of aromatic nitrogens is 4. The Morgan fingerprint density at radius 1 is 1.15 bits per heavy atom. The topological polar surface area (TPSA) is 65.3 Å². The average Bonchev–Trinajstić information content (AvgIpc) is 3.41. The lowest BCUT2D eigenvalue weighted by atomic mass is 10.1. The van der Waals surface area contributed by atoms with Gasteiger partial charge in [-0.3, -0.25) is 4.57 Å². The minimum absolute atomic E-state index is 0.193. The molecule has 5 aromatic rings. The number of nitrogens with zero attached hydrogens (tertiary/aromatic N) is 4. The zero-order valence-electron chi connectivity index (χ0n) is 13.9. The summed E-state index contributed by atoms with van der Waals surface area (Å²) in [6.07, 6.45) is 1.57. The molecule has 6 nitrogen and oxygen atoms in total. The van der Waals surface area contributed by atoms with Crippen LogP contribution in [-0.2, 0) is 6.54 Å². The third kappa shape index (κ3) is 2.07. The van der Waals surface area contributed by atoms with Gasteiger partial charge in [0.15, 0.2) is 11.4 Å². The first kappa shape index (κ1) is 15.1. The van der Waals surface area contributed by atoms with Crippen LogP contribution < -0.4 is 5.69 Å². The van der Waals surface area contributed by atoms with Gasteiger partial charge in [-0.15, -0.1) is 16.4 Å². The summed E-state index contributed by atoms with van der Waals surface area (Å²) in [6.45, 7) is 2.52. The summed E-state index contributed by atoms with van der Waals surface area (Å²) in [4.78, 5) is 18.4. The van der Waals surface area contributed by atoms with E-state index >= 15 is 0 Å². The van der Waals surface area contributed by atoms with Crippen molar-refractivity contribution >= 4 is 27.2 Å². The van der Waals surface area contributed by atoms with E-state index in [1.54, 1.807) is 34.3 Å². The van der Waals surface area contributed by atoms with Gasteiger partial charge in [-0.25, -0.2) is 9.78 Å². The van der Waals surface area contributed by atoms with Gasteiger partial charge in [0, 0.05) is 17.5 Å². The van der Waals surface area contributed by atoms with Gasteiger partial charge in [-0.1, -0.05) is 30.3 Å². The van der Waals surface area contributed by atoms with E-state index in [9.17, 15) is 4.79 Å². The Hall–Kier alpha value is -3.19. The van der Waals surface area contributed by atoms with Crippen molar-refractivity contribution in [3.05, 3.63) is 64.6 Å². The van der Waals surface area contributed by atoms with Gasteiger partial charge in [0.25, 0.3) is 0 Å². The zero-order chi connectivity index (χ0) is 17.7. The fraction of sp³-hybridized carbons (Fsp3) is 0.105. The molecule has 0 saturated heterocycles. The summed E-state index contributed by atoms with van der Waals surface area (Å²) in [5, 5.41) is 7.43. The first-order valence-corrected chi connectivity index (χ1v) is 9.16. The van der Waals surface area contributed by atoms with Crippen molar-refractivity contribution in [2.45, 2.75) is 13.5 Å². The highest BCUT2D eigenvalue weighted by atomic mass is 32.1. The standard InChI is InChI=1S/C19H14N4O2S/c1-2-22-18-15(13(11-26-18)12-7-4-3-5-8-12)17-20-16(14-9-6-10-25-14)21-23(17)19(22)24/h3-11H,2H2,1H3. The van der Waals surface area contributed by atoms with Crippen LogP contribution in [0.15, 0.2) is 63.3 Å². The van der Waals surface area contributed by atoms with Crippen molar-refractivity contribution < 1.29 is 4.42 Å². The first-order valence-electron chi connectivity index (χ1n) is 8.28. The fourth-order valence-corrected chi connectivity index (χ4v) is 4.33. The molecule has 0 amide bonds. The number of thiophene rings is 1. The predicted molar refractivity (Wildman–Crippen MR) is 101 cm³/mol. The second kappa shape index (κ2) is 5.67. The highest BCUT2D eigenvalue weighted by Crippen LogP contribution is 2.35. The summed E-state index contributed by atoms with van der Waals surface area (Å²) >= 11 is 1.55. The summed E-state index contributed by atoms with van der Waals surface area (Å²) in [7, 11) is 0. The van der Waals surface area contributed by atoms with E-state index in [4.69, 9.17) is 4.42 Å². The van der Waals surface area contributed by atoms with Gasteiger partial charge < -0.3 is 4.42 Å². The van der Waals surface area contributed by atoms with E-state index in [1.807, 2.05) is 25.1 Å². The van der Waals surface area contributed by atoms with E-state index in [0.29, 0.717) is 23.8 Å². The van der Waals surface area contributed by atoms with Gasteiger partial charge in [0.1, 0.15) is 4.83 Å². The Balaban J connectivity index is 1.93. The highest BCUT2D eigenvalue weighted by Gasteiger charge is 2.20. The molecule has 4 aromatic heterocycles. The molecule has 0 fully saturated rings. The van der Waals surface area contributed by atoms with E-state index in [0.717, 1.165) is 21.3 Å². The van der Waals surface area contributed by atoms with E-state index < -0.39 is 0 Å². The molecular weight excluding hydrogens is 348 g/mol. The monoisotopic (exact) mass is 362 g/mol. The van der Waals surface area contributed by atoms with Crippen molar-refractivity contribution in [3.63, 3.8) is 0 Å².